The van der Waals surface area contributed by atoms with Gasteiger partial charge in [0.2, 0.25) is 0 Å². The highest BCUT2D eigenvalue weighted by atomic mass is 16.5. The minimum atomic E-state index is -0.204. The number of carbonyl (C=O) groups excluding carboxylic acids is 1. The molecule has 0 radical (unpaired) electrons. The van der Waals surface area contributed by atoms with Crippen molar-refractivity contribution >= 4 is 11.6 Å². The highest BCUT2D eigenvalue weighted by Gasteiger charge is 2.13. The summed E-state index contributed by atoms with van der Waals surface area (Å²) in [5, 5.41) is 2.82. The summed E-state index contributed by atoms with van der Waals surface area (Å²) in [6.45, 7) is 1.17. The van der Waals surface area contributed by atoms with Crippen LogP contribution in [0.25, 0.3) is 0 Å². The first kappa shape index (κ1) is 12.9. The van der Waals surface area contributed by atoms with Gasteiger partial charge in [-0.25, -0.2) is 4.98 Å². The molecule has 0 unspecified atom stereocenters. The summed E-state index contributed by atoms with van der Waals surface area (Å²) in [5.41, 5.74) is 6.65. The Labute approximate surface area is 111 Å². The fourth-order valence-electron chi connectivity index (χ4n) is 1.77. The van der Waals surface area contributed by atoms with Crippen LogP contribution in [0.5, 0.6) is 5.75 Å². The first-order chi connectivity index (χ1) is 9.22. The second kappa shape index (κ2) is 5.90. The predicted octanol–water partition coefficient (Wildman–Crippen LogP) is 0.904. The molecule has 0 spiro atoms. The molecule has 0 saturated heterocycles. The highest BCUT2D eigenvalue weighted by Crippen LogP contribution is 2.25. The molecule has 0 aliphatic heterocycles. The predicted molar refractivity (Wildman–Crippen MR) is 72.0 cm³/mol. The van der Waals surface area contributed by atoms with E-state index in [1.807, 2.05) is 10.8 Å². The molecule has 0 bridgehead atoms. The van der Waals surface area contributed by atoms with Gasteiger partial charge in [-0.3, -0.25) is 4.79 Å². The van der Waals surface area contributed by atoms with Crippen LogP contribution in [0.4, 0.5) is 5.69 Å². The number of hydrogen-bond donors (Lipinski definition) is 2. The summed E-state index contributed by atoms with van der Waals surface area (Å²) in [6, 6.07) is 5.10. The van der Waals surface area contributed by atoms with E-state index in [2.05, 4.69) is 10.3 Å². The van der Waals surface area contributed by atoms with Crippen LogP contribution < -0.4 is 15.8 Å². The second-order valence-electron chi connectivity index (χ2n) is 3.98. The Balaban J connectivity index is 1.98. The van der Waals surface area contributed by atoms with Gasteiger partial charge in [-0.1, -0.05) is 6.07 Å². The number of carbonyl (C=O) groups is 1. The molecular formula is C13H16N4O2. The lowest BCUT2D eigenvalue weighted by Crippen LogP contribution is -2.27. The zero-order valence-electron chi connectivity index (χ0n) is 10.7. The van der Waals surface area contributed by atoms with Crippen molar-refractivity contribution in [3.05, 3.63) is 42.5 Å². The number of imidazole rings is 1. The summed E-state index contributed by atoms with van der Waals surface area (Å²) in [4.78, 5) is 16.0. The molecular weight excluding hydrogens is 244 g/mol. The van der Waals surface area contributed by atoms with Gasteiger partial charge in [-0.2, -0.15) is 0 Å². The molecule has 19 heavy (non-hydrogen) atoms. The van der Waals surface area contributed by atoms with Gasteiger partial charge in [-0.05, 0) is 12.1 Å². The van der Waals surface area contributed by atoms with Gasteiger partial charge in [0.25, 0.3) is 5.91 Å². The van der Waals surface area contributed by atoms with Gasteiger partial charge in [0.1, 0.15) is 0 Å². The Morgan fingerprint density at radius 1 is 1.53 bits per heavy atom. The molecule has 3 N–H and O–H groups in total. The quantitative estimate of drug-likeness (QED) is 0.783. The maximum absolute atomic E-state index is 12.0. The Kier molecular flexibility index (Phi) is 4.02. The van der Waals surface area contributed by atoms with Crippen molar-refractivity contribution in [3.8, 4) is 5.75 Å². The molecule has 1 heterocycles. The van der Waals surface area contributed by atoms with E-state index in [4.69, 9.17) is 10.5 Å². The van der Waals surface area contributed by atoms with Crippen molar-refractivity contribution in [2.24, 2.45) is 0 Å². The first-order valence-electron chi connectivity index (χ1n) is 5.89. The number of methoxy groups -OCH3 is 1. The number of rotatable bonds is 5. The summed E-state index contributed by atoms with van der Waals surface area (Å²) < 4.78 is 7.03. The molecule has 1 aromatic heterocycles. The van der Waals surface area contributed by atoms with E-state index in [1.54, 1.807) is 30.7 Å². The van der Waals surface area contributed by atoms with Gasteiger partial charge in [0, 0.05) is 25.5 Å². The van der Waals surface area contributed by atoms with E-state index in [1.165, 1.54) is 7.11 Å². The first-order valence-corrected chi connectivity index (χ1v) is 5.89. The van der Waals surface area contributed by atoms with Crippen LogP contribution in [0, 0.1) is 0 Å². The normalized spacial score (nSPS) is 10.2. The Morgan fingerprint density at radius 2 is 2.37 bits per heavy atom. The summed E-state index contributed by atoms with van der Waals surface area (Å²) in [7, 11) is 1.49. The number of nitrogens with zero attached hydrogens (tertiary/aromatic N) is 2. The van der Waals surface area contributed by atoms with Gasteiger partial charge >= 0.3 is 0 Å². The molecule has 100 valence electrons. The smallest absolute Gasteiger partial charge is 0.255 e. The van der Waals surface area contributed by atoms with Crippen molar-refractivity contribution in [1.82, 2.24) is 14.9 Å². The van der Waals surface area contributed by atoms with Crippen molar-refractivity contribution < 1.29 is 9.53 Å². The number of para-hydroxylation sites is 1. The molecule has 0 aliphatic carbocycles. The third kappa shape index (κ3) is 3.04. The average Bonchev–Trinajstić information content (AvgIpc) is 2.91. The van der Waals surface area contributed by atoms with E-state index in [9.17, 15) is 4.79 Å². The lowest BCUT2D eigenvalue weighted by Gasteiger charge is -2.11. The minimum absolute atomic E-state index is 0.204. The van der Waals surface area contributed by atoms with Crippen LogP contribution in [-0.4, -0.2) is 29.1 Å². The third-order valence-corrected chi connectivity index (χ3v) is 2.71. The van der Waals surface area contributed by atoms with E-state index < -0.39 is 0 Å². The maximum Gasteiger partial charge on any atom is 0.255 e. The summed E-state index contributed by atoms with van der Waals surface area (Å²) in [6.07, 6.45) is 5.24. The summed E-state index contributed by atoms with van der Waals surface area (Å²) in [5.74, 6) is 0.201. The van der Waals surface area contributed by atoms with Gasteiger partial charge in [0.15, 0.2) is 5.75 Å². The van der Waals surface area contributed by atoms with Crippen LogP contribution in [0.2, 0.25) is 0 Å². The van der Waals surface area contributed by atoms with Crippen LogP contribution >= 0.6 is 0 Å². The Morgan fingerprint density at radius 3 is 3.05 bits per heavy atom. The third-order valence-electron chi connectivity index (χ3n) is 2.71. The highest BCUT2D eigenvalue weighted by molar-refractivity contribution is 5.98. The molecule has 0 fully saturated rings. The molecule has 6 heteroatoms. The standard InChI is InChI=1S/C13H16N4O2/c1-19-12-10(3-2-4-11(12)14)13(18)16-6-8-17-7-5-15-9-17/h2-5,7,9H,6,8,14H2,1H3,(H,16,18). The lowest BCUT2D eigenvalue weighted by molar-refractivity contribution is 0.0949. The van der Waals surface area contributed by atoms with Crippen molar-refractivity contribution in [2.75, 3.05) is 19.4 Å². The number of amides is 1. The van der Waals surface area contributed by atoms with Crippen LogP contribution in [0.15, 0.2) is 36.9 Å². The fraction of sp³-hybridized carbons (Fsp3) is 0.231. The monoisotopic (exact) mass is 260 g/mol. The number of ether oxygens (including phenoxy) is 1. The number of aromatic nitrogens is 2. The van der Waals surface area contributed by atoms with E-state index >= 15 is 0 Å². The average molecular weight is 260 g/mol. The zero-order chi connectivity index (χ0) is 13.7. The topological polar surface area (TPSA) is 82.2 Å². The maximum atomic E-state index is 12.0. The number of nitrogens with one attached hydrogen (secondary N) is 1. The molecule has 2 rings (SSSR count). The molecule has 1 amide bonds. The number of hydrogen-bond acceptors (Lipinski definition) is 4. The molecule has 1 aromatic carbocycles. The number of anilines is 1. The lowest BCUT2D eigenvalue weighted by atomic mass is 10.1. The van der Waals surface area contributed by atoms with Crippen molar-refractivity contribution in [1.29, 1.82) is 0 Å². The van der Waals surface area contributed by atoms with Crippen molar-refractivity contribution in [2.45, 2.75) is 6.54 Å². The molecule has 2 aromatic rings. The zero-order valence-corrected chi connectivity index (χ0v) is 10.7. The SMILES string of the molecule is COc1c(N)cccc1C(=O)NCCn1ccnc1. The van der Waals surface area contributed by atoms with Gasteiger partial charge in [-0.15, -0.1) is 0 Å². The van der Waals surface area contributed by atoms with Gasteiger partial charge in [0.05, 0.1) is 24.7 Å². The van der Waals surface area contributed by atoms with Crippen LogP contribution in [-0.2, 0) is 6.54 Å². The summed E-state index contributed by atoms with van der Waals surface area (Å²) >= 11 is 0. The number of nitrogens with two attached hydrogens (primary N) is 1. The Hall–Kier alpha value is -2.50. The minimum Gasteiger partial charge on any atom is -0.494 e. The molecule has 0 saturated carbocycles. The molecule has 6 nitrogen and oxygen atoms in total. The molecule has 0 atom stereocenters. The fourth-order valence-corrected chi connectivity index (χ4v) is 1.77. The molecule has 0 aliphatic rings. The number of benzene rings is 1. The second-order valence-corrected chi connectivity index (χ2v) is 3.98. The van der Waals surface area contributed by atoms with E-state index in [0.717, 1.165) is 0 Å². The van der Waals surface area contributed by atoms with Crippen LogP contribution in [0.3, 0.4) is 0 Å². The van der Waals surface area contributed by atoms with Gasteiger partial charge < -0.3 is 20.4 Å². The largest absolute Gasteiger partial charge is 0.494 e. The van der Waals surface area contributed by atoms with Crippen LogP contribution in [0.1, 0.15) is 10.4 Å². The van der Waals surface area contributed by atoms with E-state index in [0.29, 0.717) is 30.1 Å². The van der Waals surface area contributed by atoms with E-state index in [-0.39, 0.29) is 5.91 Å². The Bertz CT molecular complexity index is 552. The number of nitrogen functional groups attached to an aromatic ring is 1. The van der Waals surface area contributed by atoms with Crippen molar-refractivity contribution in [3.63, 3.8) is 0 Å².